The lowest BCUT2D eigenvalue weighted by molar-refractivity contribution is 0.276. The first kappa shape index (κ1) is 15.4. The summed E-state index contributed by atoms with van der Waals surface area (Å²) in [5.41, 5.74) is 1.90. The Kier molecular flexibility index (Phi) is 4.74. The van der Waals surface area contributed by atoms with Crippen molar-refractivity contribution in [1.29, 1.82) is 0 Å². The van der Waals surface area contributed by atoms with E-state index >= 15 is 0 Å². The van der Waals surface area contributed by atoms with Crippen LogP contribution < -0.4 is 5.32 Å². The zero-order valence-electron chi connectivity index (χ0n) is 12.6. The van der Waals surface area contributed by atoms with Crippen LogP contribution in [0.1, 0.15) is 38.7 Å². The van der Waals surface area contributed by atoms with Gasteiger partial charge in [-0.15, -0.1) is 0 Å². The largest absolute Gasteiger partial charge is 0.382 e. The monoisotopic (exact) mass is 295 g/mol. The molecule has 2 rings (SSSR count). The molecule has 0 aliphatic heterocycles. The van der Waals surface area contributed by atoms with Crippen LogP contribution in [0, 0.1) is 11.8 Å². The fraction of sp³-hybridized carbons (Fsp3) is 0.625. The van der Waals surface area contributed by atoms with Gasteiger partial charge in [0.05, 0.1) is 5.75 Å². The normalized spacial score (nSPS) is 27.2. The fourth-order valence-corrected chi connectivity index (χ4v) is 3.93. The highest BCUT2D eigenvalue weighted by molar-refractivity contribution is 7.89. The molecule has 1 saturated carbocycles. The topological polar surface area (TPSA) is 46.2 Å². The van der Waals surface area contributed by atoms with E-state index in [4.69, 9.17) is 0 Å². The summed E-state index contributed by atoms with van der Waals surface area (Å²) in [5, 5.41) is 3.58. The lowest BCUT2D eigenvalue weighted by Crippen LogP contribution is -2.33. The van der Waals surface area contributed by atoms with Crippen molar-refractivity contribution in [3.63, 3.8) is 0 Å². The van der Waals surface area contributed by atoms with Crippen molar-refractivity contribution in [3.8, 4) is 0 Å². The van der Waals surface area contributed by atoms with Crippen molar-refractivity contribution in [2.24, 2.45) is 11.8 Å². The van der Waals surface area contributed by atoms with E-state index in [1.807, 2.05) is 24.3 Å². The van der Waals surface area contributed by atoms with E-state index in [0.29, 0.717) is 12.0 Å². The van der Waals surface area contributed by atoms with E-state index in [2.05, 4.69) is 19.2 Å². The number of nitrogens with one attached hydrogen (secondary N) is 1. The SMILES string of the molecule is C[C@@H]1CC[C@H](Nc2cccc(CS(C)(=O)=O)c2)[C@@H](C)C1. The second-order valence-corrected chi connectivity index (χ2v) is 8.56. The minimum atomic E-state index is -2.97. The predicted molar refractivity (Wildman–Crippen MR) is 84.6 cm³/mol. The van der Waals surface area contributed by atoms with Crippen LogP contribution in [0.5, 0.6) is 0 Å². The van der Waals surface area contributed by atoms with Crippen molar-refractivity contribution in [1.82, 2.24) is 0 Å². The molecule has 0 saturated heterocycles. The van der Waals surface area contributed by atoms with Crippen LogP contribution in [0.2, 0.25) is 0 Å². The number of rotatable bonds is 4. The molecule has 0 spiro atoms. The highest BCUT2D eigenvalue weighted by Crippen LogP contribution is 2.30. The van der Waals surface area contributed by atoms with Gasteiger partial charge in [0.1, 0.15) is 0 Å². The van der Waals surface area contributed by atoms with E-state index < -0.39 is 9.84 Å². The minimum Gasteiger partial charge on any atom is -0.382 e. The molecule has 0 bridgehead atoms. The molecule has 1 aliphatic rings. The molecule has 1 fully saturated rings. The van der Waals surface area contributed by atoms with E-state index in [-0.39, 0.29) is 5.75 Å². The smallest absolute Gasteiger partial charge is 0.151 e. The average Bonchev–Trinajstić information content (AvgIpc) is 2.31. The predicted octanol–water partition coefficient (Wildman–Crippen LogP) is 3.47. The first-order valence-electron chi connectivity index (χ1n) is 7.36. The molecule has 0 aromatic heterocycles. The van der Waals surface area contributed by atoms with Crippen molar-refractivity contribution in [2.45, 2.75) is 44.9 Å². The van der Waals surface area contributed by atoms with Crippen LogP contribution >= 0.6 is 0 Å². The van der Waals surface area contributed by atoms with Gasteiger partial charge in [0, 0.05) is 18.0 Å². The van der Waals surface area contributed by atoms with Crippen LogP contribution in [-0.2, 0) is 15.6 Å². The van der Waals surface area contributed by atoms with Gasteiger partial charge in [0.15, 0.2) is 9.84 Å². The van der Waals surface area contributed by atoms with Crippen molar-refractivity contribution >= 4 is 15.5 Å². The third-order valence-corrected chi connectivity index (χ3v) is 5.00. The van der Waals surface area contributed by atoms with Crippen molar-refractivity contribution < 1.29 is 8.42 Å². The summed E-state index contributed by atoms with van der Waals surface area (Å²) in [6.07, 6.45) is 5.00. The molecule has 112 valence electrons. The van der Waals surface area contributed by atoms with Gasteiger partial charge in [-0.1, -0.05) is 26.0 Å². The average molecular weight is 295 g/mol. The number of hydrogen-bond acceptors (Lipinski definition) is 3. The van der Waals surface area contributed by atoms with Gasteiger partial charge in [-0.3, -0.25) is 0 Å². The van der Waals surface area contributed by atoms with Gasteiger partial charge in [-0.25, -0.2) is 8.42 Å². The quantitative estimate of drug-likeness (QED) is 0.925. The molecule has 0 unspecified atom stereocenters. The van der Waals surface area contributed by atoms with Gasteiger partial charge in [-0.2, -0.15) is 0 Å². The highest BCUT2D eigenvalue weighted by atomic mass is 32.2. The second kappa shape index (κ2) is 6.17. The third kappa shape index (κ3) is 4.51. The maximum absolute atomic E-state index is 11.4. The lowest BCUT2D eigenvalue weighted by Gasteiger charge is -2.34. The molecule has 1 N–H and O–H groups in total. The number of sulfone groups is 1. The van der Waals surface area contributed by atoms with Crippen molar-refractivity contribution in [2.75, 3.05) is 11.6 Å². The fourth-order valence-electron chi connectivity index (χ4n) is 3.15. The van der Waals surface area contributed by atoms with Gasteiger partial charge < -0.3 is 5.32 Å². The maximum atomic E-state index is 11.4. The molecular weight excluding hydrogens is 270 g/mol. The molecule has 1 aliphatic carbocycles. The van der Waals surface area contributed by atoms with E-state index in [1.165, 1.54) is 25.5 Å². The summed E-state index contributed by atoms with van der Waals surface area (Å²) in [6, 6.07) is 8.29. The molecule has 4 heteroatoms. The van der Waals surface area contributed by atoms with Gasteiger partial charge in [-0.05, 0) is 48.8 Å². The van der Waals surface area contributed by atoms with Crippen LogP contribution in [0.25, 0.3) is 0 Å². The van der Waals surface area contributed by atoms with Crippen LogP contribution in [0.15, 0.2) is 24.3 Å². The Hall–Kier alpha value is -1.03. The van der Waals surface area contributed by atoms with E-state index in [1.54, 1.807) is 0 Å². The summed E-state index contributed by atoms with van der Waals surface area (Å²) in [5.74, 6) is 1.59. The Bertz CT molecular complexity index is 553. The Morgan fingerprint density at radius 2 is 2.00 bits per heavy atom. The Labute approximate surface area is 122 Å². The second-order valence-electron chi connectivity index (χ2n) is 6.42. The molecule has 0 heterocycles. The molecule has 20 heavy (non-hydrogen) atoms. The number of benzene rings is 1. The Balaban J connectivity index is 2.04. The minimum absolute atomic E-state index is 0.111. The van der Waals surface area contributed by atoms with Gasteiger partial charge in [0.25, 0.3) is 0 Å². The lowest BCUT2D eigenvalue weighted by atomic mass is 9.80. The first-order chi connectivity index (χ1) is 9.33. The highest BCUT2D eigenvalue weighted by Gasteiger charge is 2.25. The molecule has 0 amide bonds. The van der Waals surface area contributed by atoms with Crippen molar-refractivity contribution in [3.05, 3.63) is 29.8 Å². The molecule has 3 nitrogen and oxygen atoms in total. The third-order valence-electron chi connectivity index (χ3n) is 4.14. The molecule has 3 atom stereocenters. The van der Waals surface area contributed by atoms with Crippen LogP contribution in [-0.4, -0.2) is 20.7 Å². The Morgan fingerprint density at radius 1 is 1.25 bits per heavy atom. The summed E-state index contributed by atoms with van der Waals surface area (Å²) in [7, 11) is -2.97. The summed E-state index contributed by atoms with van der Waals surface area (Å²) in [6.45, 7) is 4.62. The molecule has 1 aromatic carbocycles. The van der Waals surface area contributed by atoms with E-state index in [0.717, 1.165) is 17.2 Å². The summed E-state index contributed by atoms with van der Waals surface area (Å²) < 4.78 is 22.7. The van der Waals surface area contributed by atoms with Gasteiger partial charge >= 0.3 is 0 Å². The zero-order chi connectivity index (χ0) is 14.8. The van der Waals surface area contributed by atoms with Crippen LogP contribution in [0.3, 0.4) is 0 Å². The van der Waals surface area contributed by atoms with E-state index in [9.17, 15) is 8.42 Å². The number of hydrogen-bond donors (Lipinski definition) is 1. The maximum Gasteiger partial charge on any atom is 0.151 e. The zero-order valence-corrected chi connectivity index (χ0v) is 13.4. The van der Waals surface area contributed by atoms with Gasteiger partial charge in [0.2, 0.25) is 0 Å². The molecular formula is C16H25NO2S. The molecule has 1 aromatic rings. The standard InChI is InChI=1S/C16H25NO2S/c1-12-7-8-16(13(2)9-12)17-15-6-4-5-14(10-15)11-20(3,18)19/h4-6,10,12-13,16-17H,7-9,11H2,1-3H3/t12-,13+,16+/m1/s1. The summed E-state index contributed by atoms with van der Waals surface area (Å²) in [4.78, 5) is 0. The Morgan fingerprint density at radius 3 is 2.65 bits per heavy atom. The number of anilines is 1. The van der Waals surface area contributed by atoms with Crippen LogP contribution in [0.4, 0.5) is 5.69 Å². The summed E-state index contributed by atoms with van der Waals surface area (Å²) >= 11 is 0. The first-order valence-corrected chi connectivity index (χ1v) is 9.43. The molecule has 0 radical (unpaired) electrons.